The lowest BCUT2D eigenvalue weighted by Crippen LogP contribution is -2.51. The average Bonchev–Trinajstić information content (AvgIpc) is 2.37. The van der Waals surface area contributed by atoms with Gasteiger partial charge in [-0.1, -0.05) is 0 Å². The first kappa shape index (κ1) is 13.4. The van der Waals surface area contributed by atoms with Crippen LogP contribution in [-0.4, -0.2) is 46.1 Å². The molecule has 0 aliphatic carbocycles. The molecule has 0 amide bonds. The normalized spacial score (nSPS) is 32.8. The lowest BCUT2D eigenvalue weighted by Gasteiger charge is -2.41. The fraction of sp³-hybridized carbons (Fsp3) is 1.00. The Morgan fingerprint density at radius 1 is 0.765 bits per heavy atom. The summed E-state index contributed by atoms with van der Waals surface area (Å²) in [4.78, 5) is 5.49. The van der Waals surface area contributed by atoms with E-state index in [9.17, 15) is 0 Å². The fourth-order valence-corrected chi connectivity index (χ4v) is 3.78. The highest BCUT2D eigenvalue weighted by molar-refractivity contribution is 4.99. The van der Waals surface area contributed by atoms with Crippen molar-refractivity contribution in [1.82, 2.24) is 9.80 Å². The maximum absolute atomic E-state index is 2.80. The molecule has 2 heteroatoms. The van der Waals surface area contributed by atoms with Crippen molar-refractivity contribution in [2.45, 2.75) is 84.0 Å². The molecule has 0 spiro atoms. The maximum atomic E-state index is 2.80. The van der Waals surface area contributed by atoms with Crippen molar-refractivity contribution in [2.24, 2.45) is 0 Å². The van der Waals surface area contributed by atoms with Gasteiger partial charge in [-0.05, 0) is 60.8 Å². The third-order valence-corrected chi connectivity index (χ3v) is 4.51. The van der Waals surface area contributed by atoms with Gasteiger partial charge in [0.1, 0.15) is 0 Å². The van der Waals surface area contributed by atoms with Crippen LogP contribution in [0.1, 0.15) is 60.8 Å². The summed E-state index contributed by atoms with van der Waals surface area (Å²) in [5.41, 5.74) is 0.660. The van der Waals surface area contributed by atoms with Gasteiger partial charge in [0.2, 0.25) is 0 Å². The van der Waals surface area contributed by atoms with Crippen molar-refractivity contribution < 1.29 is 0 Å². The molecule has 2 saturated heterocycles. The van der Waals surface area contributed by atoms with Gasteiger partial charge in [-0.15, -0.1) is 0 Å². The number of likely N-dealkylation sites (tertiary alicyclic amines) is 1. The lowest BCUT2D eigenvalue weighted by molar-refractivity contribution is 0.0664. The summed E-state index contributed by atoms with van der Waals surface area (Å²) in [5.74, 6) is 0. The van der Waals surface area contributed by atoms with Gasteiger partial charge >= 0.3 is 0 Å². The van der Waals surface area contributed by atoms with E-state index < -0.39 is 0 Å². The van der Waals surface area contributed by atoms with Gasteiger partial charge in [0.05, 0.1) is 0 Å². The largest absolute Gasteiger partial charge is 0.297 e. The van der Waals surface area contributed by atoms with Gasteiger partial charge in [0.15, 0.2) is 0 Å². The van der Waals surface area contributed by atoms with Gasteiger partial charge in [0, 0.05) is 36.3 Å². The van der Waals surface area contributed by atoms with Crippen LogP contribution >= 0.6 is 0 Å². The molecule has 0 aromatic carbocycles. The molecule has 0 radical (unpaired) electrons. The first-order chi connectivity index (χ1) is 7.69. The molecule has 2 nitrogen and oxygen atoms in total. The minimum atomic E-state index is 0.327. The van der Waals surface area contributed by atoms with Gasteiger partial charge < -0.3 is 0 Å². The van der Waals surface area contributed by atoms with Crippen molar-refractivity contribution in [2.75, 3.05) is 13.1 Å². The second-order valence-corrected chi connectivity index (χ2v) is 7.87. The zero-order valence-corrected chi connectivity index (χ0v) is 12.6. The molecule has 17 heavy (non-hydrogen) atoms. The Bertz CT molecular complexity index is 272. The SMILES string of the molecule is CC(C)(C)N1CC[C@H]2CC[C@@H](C1)N2C(C)(C)C. The van der Waals surface area contributed by atoms with Crippen LogP contribution in [0.25, 0.3) is 0 Å². The van der Waals surface area contributed by atoms with Crippen LogP contribution in [0.2, 0.25) is 0 Å². The molecule has 0 aromatic rings. The Labute approximate surface area is 107 Å². The lowest BCUT2D eigenvalue weighted by atomic mass is 10.0. The van der Waals surface area contributed by atoms with Crippen LogP contribution in [0, 0.1) is 0 Å². The number of hydrogen-bond acceptors (Lipinski definition) is 2. The summed E-state index contributed by atoms with van der Waals surface area (Å²) in [5, 5.41) is 0. The predicted molar refractivity (Wildman–Crippen MR) is 74.3 cm³/mol. The highest BCUT2D eigenvalue weighted by Crippen LogP contribution is 2.37. The van der Waals surface area contributed by atoms with E-state index >= 15 is 0 Å². The fourth-order valence-electron chi connectivity index (χ4n) is 3.78. The van der Waals surface area contributed by atoms with E-state index in [1.807, 2.05) is 0 Å². The molecule has 2 bridgehead atoms. The first-order valence-corrected chi connectivity index (χ1v) is 7.23. The topological polar surface area (TPSA) is 6.48 Å². The number of fused-ring (bicyclic) bond motifs is 2. The second kappa shape index (κ2) is 4.24. The molecule has 0 N–H and O–H groups in total. The van der Waals surface area contributed by atoms with E-state index in [0.29, 0.717) is 11.1 Å². The molecule has 2 heterocycles. The van der Waals surface area contributed by atoms with Gasteiger partial charge in [-0.3, -0.25) is 9.80 Å². The smallest absolute Gasteiger partial charge is 0.0232 e. The van der Waals surface area contributed by atoms with Crippen molar-refractivity contribution in [3.63, 3.8) is 0 Å². The summed E-state index contributed by atoms with van der Waals surface area (Å²) in [7, 11) is 0. The van der Waals surface area contributed by atoms with E-state index in [1.54, 1.807) is 0 Å². The van der Waals surface area contributed by atoms with Crippen molar-refractivity contribution in [3.8, 4) is 0 Å². The average molecular weight is 238 g/mol. The zero-order chi connectivity index (χ0) is 12.8. The molecule has 0 saturated carbocycles. The third kappa shape index (κ3) is 2.68. The minimum absolute atomic E-state index is 0.327. The third-order valence-electron chi connectivity index (χ3n) is 4.51. The Morgan fingerprint density at radius 3 is 1.88 bits per heavy atom. The van der Waals surface area contributed by atoms with Crippen molar-refractivity contribution in [3.05, 3.63) is 0 Å². The van der Waals surface area contributed by atoms with Crippen LogP contribution in [0.4, 0.5) is 0 Å². The zero-order valence-electron chi connectivity index (χ0n) is 12.6. The van der Waals surface area contributed by atoms with Gasteiger partial charge in [0.25, 0.3) is 0 Å². The first-order valence-electron chi connectivity index (χ1n) is 7.23. The molecular weight excluding hydrogens is 208 g/mol. The maximum Gasteiger partial charge on any atom is 0.0232 e. The summed E-state index contributed by atoms with van der Waals surface area (Å²) in [6.45, 7) is 16.7. The molecule has 0 aromatic heterocycles. The molecule has 2 aliphatic rings. The van der Waals surface area contributed by atoms with E-state index in [2.05, 4.69) is 51.3 Å². The van der Waals surface area contributed by atoms with Gasteiger partial charge in [-0.25, -0.2) is 0 Å². The summed E-state index contributed by atoms with van der Waals surface area (Å²) < 4.78 is 0. The predicted octanol–water partition coefficient (Wildman–Crippen LogP) is 3.12. The highest BCUT2D eigenvalue weighted by atomic mass is 15.3. The Kier molecular flexibility index (Phi) is 3.33. The molecule has 2 atom stereocenters. The molecule has 2 rings (SSSR count). The summed E-state index contributed by atoms with van der Waals surface area (Å²) in [6, 6.07) is 1.61. The minimum Gasteiger partial charge on any atom is -0.297 e. The molecule has 100 valence electrons. The van der Waals surface area contributed by atoms with Crippen LogP contribution in [0.5, 0.6) is 0 Å². The Hall–Kier alpha value is -0.0800. The highest BCUT2D eigenvalue weighted by Gasteiger charge is 2.43. The molecular formula is C15H30N2. The molecule has 2 aliphatic heterocycles. The number of rotatable bonds is 0. The Balaban J connectivity index is 2.16. The van der Waals surface area contributed by atoms with Crippen LogP contribution in [0.3, 0.4) is 0 Å². The van der Waals surface area contributed by atoms with E-state index in [4.69, 9.17) is 0 Å². The van der Waals surface area contributed by atoms with Crippen molar-refractivity contribution in [1.29, 1.82) is 0 Å². The number of nitrogens with zero attached hydrogens (tertiary/aromatic N) is 2. The van der Waals surface area contributed by atoms with E-state index in [0.717, 1.165) is 12.1 Å². The van der Waals surface area contributed by atoms with Crippen LogP contribution in [0.15, 0.2) is 0 Å². The number of hydrogen-bond donors (Lipinski definition) is 0. The molecule has 2 fully saturated rings. The Morgan fingerprint density at radius 2 is 1.35 bits per heavy atom. The molecule has 0 unspecified atom stereocenters. The monoisotopic (exact) mass is 238 g/mol. The quantitative estimate of drug-likeness (QED) is 0.640. The van der Waals surface area contributed by atoms with Crippen molar-refractivity contribution >= 4 is 0 Å². The second-order valence-electron chi connectivity index (χ2n) is 7.87. The van der Waals surface area contributed by atoms with E-state index in [-0.39, 0.29) is 0 Å². The van der Waals surface area contributed by atoms with E-state index in [1.165, 1.54) is 32.4 Å². The summed E-state index contributed by atoms with van der Waals surface area (Å²) in [6.07, 6.45) is 4.17. The standard InChI is InChI=1S/C15H30N2/c1-14(2,3)16-10-9-12-7-8-13(11-16)17(12)15(4,5)6/h12-13H,7-11H2,1-6H3/t12-,13+/m1/s1. The van der Waals surface area contributed by atoms with Crippen LogP contribution in [-0.2, 0) is 0 Å². The van der Waals surface area contributed by atoms with Crippen LogP contribution < -0.4 is 0 Å². The van der Waals surface area contributed by atoms with Gasteiger partial charge in [-0.2, -0.15) is 0 Å². The summed E-state index contributed by atoms with van der Waals surface area (Å²) >= 11 is 0.